The van der Waals surface area contributed by atoms with E-state index in [4.69, 9.17) is 4.42 Å². The summed E-state index contributed by atoms with van der Waals surface area (Å²) in [6, 6.07) is 3.48. The normalized spacial score (nSPS) is 10.9. The number of fused-ring (bicyclic) bond motifs is 1. The van der Waals surface area contributed by atoms with Crippen LogP contribution in [-0.4, -0.2) is 20.7 Å². The van der Waals surface area contributed by atoms with E-state index >= 15 is 0 Å². The molecule has 0 amide bonds. The van der Waals surface area contributed by atoms with Gasteiger partial charge in [-0.1, -0.05) is 0 Å². The van der Waals surface area contributed by atoms with E-state index in [1.807, 2.05) is 0 Å². The fourth-order valence-corrected chi connectivity index (χ4v) is 1.74. The van der Waals surface area contributed by atoms with Crippen LogP contribution in [0.5, 0.6) is 0 Å². The van der Waals surface area contributed by atoms with Gasteiger partial charge in [0.15, 0.2) is 11.4 Å². The molecule has 3 rings (SSSR count). The predicted octanol–water partition coefficient (Wildman–Crippen LogP) is 2.42. The second-order valence-corrected chi connectivity index (χ2v) is 3.71. The van der Waals surface area contributed by atoms with Gasteiger partial charge in [0, 0.05) is 11.8 Å². The van der Waals surface area contributed by atoms with E-state index in [9.17, 15) is 4.79 Å². The van der Waals surface area contributed by atoms with E-state index in [-0.39, 0.29) is 5.78 Å². The summed E-state index contributed by atoms with van der Waals surface area (Å²) in [6.07, 6.45) is 4.74. The Morgan fingerprint density at radius 2 is 2.29 bits per heavy atom. The zero-order valence-electron chi connectivity index (χ0n) is 9.10. The molecule has 5 heteroatoms. The van der Waals surface area contributed by atoms with Gasteiger partial charge in [0.25, 0.3) is 0 Å². The minimum atomic E-state index is -0.0141. The molecule has 0 saturated carbocycles. The molecule has 0 aromatic carbocycles. The van der Waals surface area contributed by atoms with Gasteiger partial charge >= 0.3 is 0 Å². The zero-order chi connectivity index (χ0) is 11.8. The maximum Gasteiger partial charge on any atom is 0.178 e. The first-order chi connectivity index (χ1) is 8.25. The van der Waals surface area contributed by atoms with Crippen LogP contribution in [0.25, 0.3) is 22.6 Å². The quantitative estimate of drug-likeness (QED) is 0.682. The van der Waals surface area contributed by atoms with Gasteiger partial charge in [0.1, 0.15) is 12.1 Å². The number of aromatic nitrogens is 3. The summed E-state index contributed by atoms with van der Waals surface area (Å²) in [6.45, 7) is 1.52. The van der Waals surface area contributed by atoms with Crippen LogP contribution in [0.4, 0.5) is 0 Å². The largest absolute Gasteiger partial charge is 0.472 e. The number of rotatable bonds is 2. The molecule has 0 unspecified atom stereocenters. The first-order valence-corrected chi connectivity index (χ1v) is 5.14. The first-order valence-electron chi connectivity index (χ1n) is 5.14. The molecule has 3 aromatic rings. The molecule has 0 atom stereocenters. The summed E-state index contributed by atoms with van der Waals surface area (Å²) in [4.78, 5) is 23.0. The van der Waals surface area contributed by atoms with Gasteiger partial charge < -0.3 is 9.40 Å². The second kappa shape index (κ2) is 3.55. The molecule has 0 bridgehead atoms. The van der Waals surface area contributed by atoms with Gasteiger partial charge in [-0.15, -0.1) is 0 Å². The molecule has 0 aliphatic heterocycles. The van der Waals surface area contributed by atoms with Crippen LogP contribution < -0.4 is 0 Å². The van der Waals surface area contributed by atoms with Crippen LogP contribution >= 0.6 is 0 Å². The number of carbonyl (C=O) groups is 1. The van der Waals surface area contributed by atoms with Crippen molar-refractivity contribution in [1.82, 2.24) is 15.0 Å². The maximum atomic E-state index is 11.5. The predicted molar refractivity (Wildman–Crippen MR) is 61.6 cm³/mol. The van der Waals surface area contributed by atoms with Crippen molar-refractivity contribution in [3.8, 4) is 11.4 Å². The highest BCUT2D eigenvalue weighted by atomic mass is 16.3. The number of pyridine rings is 1. The molecular formula is C12H9N3O2. The number of H-pyrrole nitrogens is 1. The number of imidazole rings is 1. The van der Waals surface area contributed by atoms with E-state index in [1.54, 1.807) is 30.9 Å². The Balaban J connectivity index is 2.26. The highest BCUT2D eigenvalue weighted by Crippen LogP contribution is 2.21. The Bertz CT molecular complexity index is 683. The SMILES string of the molecule is CC(=O)c1ccnc2nc(-c3ccoc3)[nH]c12. The molecular weight excluding hydrogens is 218 g/mol. The van der Waals surface area contributed by atoms with E-state index < -0.39 is 0 Å². The Kier molecular flexibility index (Phi) is 2.04. The third-order valence-corrected chi connectivity index (χ3v) is 2.57. The summed E-state index contributed by atoms with van der Waals surface area (Å²) in [5, 5.41) is 0. The average Bonchev–Trinajstić information content (AvgIpc) is 2.96. The average molecular weight is 227 g/mol. The monoisotopic (exact) mass is 227 g/mol. The summed E-state index contributed by atoms with van der Waals surface area (Å²) in [7, 11) is 0. The van der Waals surface area contributed by atoms with Crippen molar-refractivity contribution in [2.75, 3.05) is 0 Å². The van der Waals surface area contributed by atoms with Gasteiger partial charge in [0.2, 0.25) is 0 Å². The molecule has 0 aliphatic carbocycles. The second-order valence-electron chi connectivity index (χ2n) is 3.71. The fourth-order valence-electron chi connectivity index (χ4n) is 1.74. The van der Waals surface area contributed by atoms with Crippen LogP contribution in [0.1, 0.15) is 17.3 Å². The standard InChI is InChI=1S/C12H9N3O2/c1-7(16)9-2-4-13-12-10(9)14-11(15-12)8-3-5-17-6-8/h2-6H,1H3,(H,13,14,15). The van der Waals surface area contributed by atoms with E-state index in [1.165, 1.54) is 6.92 Å². The van der Waals surface area contributed by atoms with Crippen molar-refractivity contribution in [1.29, 1.82) is 0 Å². The van der Waals surface area contributed by atoms with Gasteiger partial charge in [-0.2, -0.15) is 0 Å². The van der Waals surface area contributed by atoms with Crippen molar-refractivity contribution < 1.29 is 9.21 Å². The van der Waals surface area contributed by atoms with Crippen molar-refractivity contribution in [3.63, 3.8) is 0 Å². The molecule has 84 valence electrons. The molecule has 0 saturated heterocycles. The van der Waals surface area contributed by atoms with Gasteiger partial charge in [-0.25, -0.2) is 9.97 Å². The number of Topliss-reactive ketones (excluding diaryl/α,β-unsaturated/α-hetero) is 1. The highest BCUT2D eigenvalue weighted by Gasteiger charge is 2.12. The minimum absolute atomic E-state index is 0.0141. The molecule has 3 aromatic heterocycles. The lowest BCUT2D eigenvalue weighted by Crippen LogP contribution is -1.94. The number of nitrogens with zero attached hydrogens (tertiary/aromatic N) is 2. The number of nitrogens with one attached hydrogen (secondary N) is 1. The van der Waals surface area contributed by atoms with Crippen molar-refractivity contribution in [2.45, 2.75) is 6.92 Å². The third-order valence-electron chi connectivity index (χ3n) is 2.57. The van der Waals surface area contributed by atoms with Gasteiger partial charge in [-0.05, 0) is 19.1 Å². The molecule has 0 fully saturated rings. The first kappa shape index (κ1) is 9.77. The van der Waals surface area contributed by atoms with E-state index in [2.05, 4.69) is 15.0 Å². The lowest BCUT2D eigenvalue weighted by atomic mass is 10.2. The van der Waals surface area contributed by atoms with Crippen LogP contribution in [0.15, 0.2) is 35.3 Å². The molecule has 17 heavy (non-hydrogen) atoms. The number of furan rings is 1. The summed E-state index contributed by atoms with van der Waals surface area (Å²) in [5.41, 5.74) is 2.62. The zero-order valence-corrected chi connectivity index (χ0v) is 9.10. The molecule has 0 radical (unpaired) electrons. The lowest BCUT2D eigenvalue weighted by molar-refractivity contribution is 0.101. The fraction of sp³-hybridized carbons (Fsp3) is 0.0833. The van der Waals surface area contributed by atoms with Gasteiger partial charge in [0.05, 0.1) is 17.3 Å². The molecule has 0 aliphatic rings. The summed E-state index contributed by atoms with van der Waals surface area (Å²) < 4.78 is 5.00. The molecule has 1 N–H and O–H groups in total. The Labute approximate surface area is 96.5 Å². The van der Waals surface area contributed by atoms with E-state index in [0.29, 0.717) is 22.6 Å². The molecule has 3 heterocycles. The number of aromatic amines is 1. The van der Waals surface area contributed by atoms with Crippen LogP contribution in [0, 0.1) is 0 Å². The summed E-state index contributed by atoms with van der Waals surface area (Å²) in [5.74, 6) is 0.634. The number of carbonyl (C=O) groups excluding carboxylic acids is 1. The smallest absolute Gasteiger partial charge is 0.178 e. The van der Waals surface area contributed by atoms with Crippen LogP contribution in [0.3, 0.4) is 0 Å². The minimum Gasteiger partial charge on any atom is -0.472 e. The number of ketones is 1. The highest BCUT2D eigenvalue weighted by molar-refractivity contribution is 6.04. The van der Waals surface area contributed by atoms with Crippen LogP contribution in [-0.2, 0) is 0 Å². The Morgan fingerprint density at radius 3 is 3.00 bits per heavy atom. The number of hydrogen-bond donors (Lipinski definition) is 1. The molecule has 5 nitrogen and oxygen atoms in total. The van der Waals surface area contributed by atoms with Crippen LogP contribution in [0.2, 0.25) is 0 Å². The van der Waals surface area contributed by atoms with E-state index in [0.717, 1.165) is 5.56 Å². The van der Waals surface area contributed by atoms with Crippen molar-refractivity contribution in [2.24, 2.45) is 0 Å². The van der Waals surface area contributed by atoms with Crippen molar-refractivity contribution >= 4 is 16.9 Å². The third kappa shape index (κ3) is 1.52. The Hall–Kier alpha value is -2.43. The van der Waals surface area contributed by atoms with Gasteiger partial charge in [-0.3, -0.25) is 4.79 Å². The topological polar surface area (TPSA) is 71.8 Å². The Morgan fingerprint density at radius 1 is 1.41 bits per heavy atom. The summed E-state index contributed by atoms with van der Waals surface area (Å²) >= 11 is 0. The van der Waals surface area contributed by atoms with Crippen molar-refractivity contribution in [3.05, 3.63) is 36.4 Å². The molecule has 0 spiro atoms. The lowest BCUT2D eigenvalue weighted by Gasteiger charge is -1.94. The number of hydrogen-bond acceptors (Lipinski definition) is 4. The maximum absolute atomic E-state index is 11.5.